The Kier molecular flexibility index (Phi) is 4.89. The number of benzene rings is 2. The summed E-state index contributed by atoms with van der Waals surface area (Å²) in [5.74, 6) is 0.276. The maximum absolute atomic E-state index is 12.4. The second kappa shape index (κ2) is 7.63. The molecule has 27 heavy (non-hydrogen) atoms. The van der Waals surface area contributed by atoms with Gasteiger partial charge in [0.05, 0.1) is 32.4 Å². The van der Waals surface area contributed by atoms with E-state index < -0.39 is 0 Å². The van der Waals surface area contributed by atoms with Crippen molar-refractivity contribution in [3.05, 3.63) is 66.6 Å². The molecule has 0 unspecified atom stereocenters. The monoisotopic (exact) mass is 364 g/mol. The summed E-state index contributed by atoms with van der Waals surface area (Å²) in [4.78, 5) is 27.6. The molecule has 4 rings (SSSR count). The molecule has 2 N–H and O–H groups in total. The first kappa shape index (κ1) is 17.3. The Labute approximate surface area is 157 Å². The maximum atomic E-state index is 12.4. The van der Waals surface area contributed by atoms with Crippen LogP contribution in [0.1, 0.15) is 10.6 Å². The molecule has 1 fully saturated rings. The van der Waals surface area contributed by atoms with Crippen LogP contribution in [-0.2, 0) is 4.79 Å². The molecular weight excluding hydrogens is 342 g/mol. The lowest BCUT2D eigenvalue weighted by molar-refractivity contribution is -0.895. The predicted molar refractivity (Wildman–Crippen MR) is 103 cm³/mol. The van der Waals surface area contributed by atoms with Gasteiger partial charge in [0.25, 0.3) is 11.8 Å². The van der Waals surface area contributed by atoms with Crippen molar-refractivity contribution in [2.45, 2.75) is 0 Å². The summed E-state index contributed by atoms with van der Waals surface area (Å²) in [6.45, 7) is 3.14. The number of hydrogen-bond acceptors (Lipinski definition) is 3. The Hall–Kier alpha value is -3.12. The smallest absolute Gasteiger partial charge is 0.289 e. The Balaban J connectivity index is 1.29. The van der Waals surface area contributed by atoms with Gasteiger partial charge in [0, 0.05) is 5.69 Å². The quantitative estimate of drug-likeness (QED) is 0.736. The van der Waals surface area contributed by atoms with Gasteiger partial charge in [0.2, 0.25) is 0 Å². The van der Waals surface area contributed by atoms with Gasteiger partial charge < -0.3 is 19.5 Å². The molecule has 2 heterocycles. The first-order chi connectivity index (χ1) is 13.2. The molecule has 0 bridgehead atoms. The number of nitrogens with one attached hydrogen (secondary N) is 2. The zero-order chi connectivity index (χ0) is 18.6. The van der Waals surface area contributed by atoms with Gasteiger partial charge >= 0.3 is 0 Å². The number of carbonyl (C=O) groups excluding carboxylic acids is 2. The molecule has 0 spiro atoms. The summed E-state index contributed by atoms with van der Waals surface area (Å²) in [5.41, 5.74) is 0.810. The number of furan rings is 1. The van der Waals surface area contributed by atoms with Crippen LogP contribution in [0.25, 0.3) is 10.8 Å². The molecule has 0 saturated carbocycles. The van der Waals surface area contributed by atoms with E-state index in [1.165, 1.54) is 11.2 Å². The molecule has 1 aliphatic rings. The van der Waals surface area contributed by atoms with E-state index in [-0.39, 0.29) is 11.8 Å². The molecule has 1 saturated heterocycles. The Morgan fingerprint density at radius 3 is 2.52 bits per heavy atom. The number of anilines is 1. The van der Waals surface area contributed by atoms with Crippen LogP contribution in [0.2, 0.25) is 0 Å². The lowest BCUT2D eigenvalue weighted by atomic mass is 10.1. The number of piperazine rings is 1. The van der Waals surface area contributed by atoms with Crippen molar-refractivity contribution in [1.82, 2.24) is 4.90 Å². The third-order valence-corrected chi connectivity index (χ3v) is 4.93. The minimum Gasteiger partial charge on any atom is -0.459 e. The number of hydrogen-bond donors (Lipinski definition) is 2. The highest BCUT2D eigenvalue weighted by Gasteiger charge is 2.27. The van der Waals surface area contributed by atoms with Crippen LogP contribution in [0, 0.1) is 0 Å². The van der Waals surface area contributed by atoms with E-state index in [2.05, 4.69) is 11.4 Å². The summed E-state index contributed by atoms with van der Waals surface area (Å²) >= 11 is 0. The summed E-state index contributed by atoms with van der Waals surface area (Å²) in [7, 11) is 0. The average Bonchev–Trinajstić information content (AvgIpc) is 3.23. The molecule has 3 aromatic rings. The van der Waals surface area contributed by atoms with Crippen LogP contribution in [0.5, 0.6) is 0 Å². The van der Waals surface area contributed by atoms with Gasteiger partial charge in [-0.2, -0.15) is 0 Å². The Morgan fingerprint density at radius 2 is 1.78 bits per heavy atom. The summed E-state index contributed by atoms with van der Waals surface area (Å²) in [6, 6.07) is 17.4. The molecule has 0 atom stereocenters. The van der Waals surface area contributed by atoms with Crippen LogP contribution in [-0.4, -0.2) is 49.4 Å². The maximum Gasteiger partial charge on any atom is 0.289 e. The standard InChI is InChI=1S/C21H21N3O3/c25-20(22-18-8-7-16-4-1-2-5-17(16)14-18)15-23-9-11-24(12-10-23)21(26)19-6-3-13-27-19/h1-8,13-14H,9-12,15H2,(H,22,25)/p+1. The van der Waals surface area contributed by atoms with Crippen molar-refractivity contribution >= 4 is 28.3 Å². The molecule has 1 aromatic heterocycles. The van der Waals surface area contributed by atoms with Gasteiger partial charge in [-0.3, -0.25) is 9.59 Å². The summed E-state index contributed by atoms with van der Waals surface area (Å²) < 4.78 is 5.17. The van der Waals surface area contributed by atoms with E-state index in [4.69, 9.17) is 4.42 Å². The molecule has 138 valence electrons. The van der Waals surface area contributed by atoms with Gasteiger partial charge in [-0.05, 0) is 35.0 Å². The Bertz CT molecular complexity index is 944. The van der Waals surface area contributed by atoms with Crippen molar-refractivity contribution in [2.24, 2.45) is 0 Å². The van der Waals surface area contributed by atoms with Gasteiger partial charge in [-0.25, -0.2) is 0 Å². The molecule has 6 nitrogen and oxygen atoms in total. The minimum absolute atomic E-state index is 0.00825. The highest BCUT2D eigenvalue weighted by atomic mass is 16.3. The number of rotatable bonds is 4. The fraction of sp³-hybridized carbons (Fsp3) is 0.238. The van der Waals surface area contributed by atoms with E-state index in [1.807, 2.05) is 36.4 Å². The number of quaternary nitrogens is 1. The zero-order valence-corrected chi connectivity index (χ0v) is 15.0. The molecule has 6 heteroatoms. The van der Waals surface area contributed by atoms with Gasteiger partial charge in [0.1, 0.15) is 0 Å². The van der Waals surface area contributed by atoms with E-state index in [0.29, 0.717) is 25.4 Å². The van der Waals surface area contributed by atoms with Crippen molar-refractivity contribution in [3.8, 4) is 0 Å². The number of carbonyl (C=O) groups is 2. The third-order valence-electron chi connectivity index (χ3n) is 4.93. The summed E-state index contributed by atoms with van der Waals surface area (Å²) in [5, 5.41) is 5.24. The zero-order valence-electron chi connectivity index (χ0n) is 15.0. The lowest BCUT2D eigenvalue weighted by Gasteiger charge is -2.31. The second-order valence-corrected chi connectivity index (χ2v) is 6.81. The van der Waals surface area contributed by atoms with Crippen molar-refractivity contribution in [1.29, 1.82) is 0 Å². The predicted octanol–water partition coefficient (Wildman–Crippen LogP) is 1.41. The SMILES string of the molecule is O=C(C[NH+]1CCN(C(=O)c2ccco2)CC1)Nc1ccc2ccccc2c1. The molecular formula is C21H22N3O3+. The number of amides is 2. The van der Waals surface area contributed by atoms with Crippen molar-refractivity contribution < 1.29 is 18.9 Å². The van der Waals surface area contributed by atoms with E-state index in [1.54, 1.807) is 17.0 Å². The van der Waals surface area contributed by atoms with Gasteiger partial charge in [-0.15, -0.1) is 0 Å². The molecule has 0 radical (unpaired) electrons. The Morgan fingerprint density at radius 1 is 1.00 bits per heavy atom. The molecule has 1 aliphatic heterocycles. The minimum atomic E-state index is -0.0836. The fourth-order valence-corrected chi connectivity index (χ4v) is 3.46. The first-order valence-corrected chi connectivity index (χ1v) is 9.14. The lowest BCUT2D eigenvalue weighted by Crippen LogP contribution is -3.15. The van der Waals surface area contributed by atoms with Crippen LogP contribution in [0.15, 0.2) is 65.3 Å². The highest BCUT2D eigenvalue weighted by molar-refractivity contribution is 5.95. The van der Waals surface area contributed by atoms with E-state index in [0.717, 1.165) is 29.5 Å². The van der Waals surface area contributed by atoms with Crippen molar-refractivity contribution in [3.63, 3.8) is 0 Å². The topological polar surface area (TPSA) is 67.0 Å². The number of fused-ring (bicyclic) bond motifs is 1. The van der Waals surface area contributed by atoms with E-state index >= 15 is 0 Å². The molecule has 0 aliphatic carbocycles. The fourth-order valence-electron chi connectivity index (χ4n) is 3.46. The average molecular weight is 364 g/mol. The van der Waals surface area contributed by atoms with Gasteiger partial charge in [0.15, 0.2) is 12.3 Å². The van der Waals surface area contributed by atoms with Crippen LogP contribution < -0.4 is 10.2 Å². The van der Waals surface area contributed by atoms with Crippen LogP contribution in [0.4, 0.5) is 5.69 Å². The largest absolute Gasteiger partial charge is 0.459 e. The van der Waals surface area contributed by atoms with Gasteiger partial charge in [-0.1, -0.05) is 30.3 Å². The first-order valence-electron chi connectivity index (χ1n) is 9.14. The molecule has 2 aromatic carbocycles. The van der Waals surface area contributed by atoms with Crippen molar-refractivity contribution in [2.75, 3.05) is 38.0 Å². The third kappa shape index (κ3) is 4.01. The normalized spacial score (nSPS) is 15.0. The summed E-state index contributed by atoms with van der Waals surface area (Å²) in [6.07, 6.45) is 1.51. The van der Waals surface area contributed by atoms with Crippen LogP contribution in [0.3, 0.4) is 0 Å². The number of nitrogens with zero attached hydrogens (tertiary/aromatic N) is 1. The highest BCUT2D eigenvalue weighted by Crippen LogP contribution is 2.18. The second-order valence-electron chi connectivity index (χ2n) is 6.81. The van der Waals surface area contributed by atoms with Crippen LogP contribution >= 0.6 is 0 Å². The molecule has 2 amide bonds. The van der Waals surface area contributed by atoms with E-state index in [9.17, 15) is 9.59 Å².